The maximum atomic E-state index is 11.4. The molecule has 0 aromatic heterocycles. The van der Waals surface area contributed by atoms with Gasteiger partial charge < -0.3 is 10.6 Å². The summed E-state index contributed by atoms with van der Waals surface area (Å²) >= 11 is 0. The lowest BCUT2D eigenvalue weighted by Crippen LogP contribution is -2.24. The quantitative estimate of drug-likeness (QED) is 0.533. The molecule has 3 heteroatoms. The molecule has 0 rings (SSSR count). The van der Waals surface area contributed by atoms with Crippen LogP contribution in [-0.2, 0) is 4.79 Å². The van der Waals surface area contributed by atoms with Gasteiger partial charge in [0, 0.05) is 13.0 Å². The van der Waals surface area contributed by atoms with E-state index in [1.807, 2.05) is 7.05 Å². The van der Waals surface area contributed by atoms with Crippen molar-refractivity contribution in [2.24, 2.45) is 0 Å². The number of nitrogens with one attached hydrogen (secondary N) is 2. The first kappa shape index (κ1) is 15.4. The zero-order valence-electron chi connectivity index (χ0n) is 11.0. The Morgan fingerprint density at radius 2 is 1.62 bits per heavy atom. The highest BCUT2D eigenvalue weighted by atomic mass is 16.1. The van der Waals surface area contributed by atoms with Gasteiger partial charge >= 0.3 is 0 Å². The molecule has 0 saturated heterocycles. The van der Waals surface area contributed by atoms with Gasteiger partial charge in [-0.25, -0.2) is 0 Å². The fraction of sp³-hybridized carbons (Fsp3) is 0.923. The van der Waals surface area contributed by atoms with E-state index in [2.05, 4.69) is 17.6 Å². The normalized spacial score (nSPS) is 10.4. The standard InChI is InChI=1S/C13H28N2O/c1-3-4-5-9-12-15-13(16)10-7-6-8-11-14-2/h14H,3-12H2,1-2H3,(H,15,16). The third-order valence-corrected chi connectivity index (χ3v) is 2.68. The molecule has 0 aliphatic heterocycles. The van der Waals surface area contributed by atoms with E-state index in [0.717, 1.165) is 32.4 Å². The van der Waals surface area contributed by atoms with Gasteiger partial charge in [0.25, 0.3) is 0 Å². The minimum atomic E-state index is 0.223. The van der Waals surface area contributed by atoms with Crippen LogP contribution >= 0.6 is 0 Å². The molecule has 96 valence electrons. The number of rotatable bonds is 11. The molecule has 16 heavy (non-hydrogen) atoms. The van der Waals surface area contributed by atoms with Crippen molar-refractivity contribution in [3.8, 4) is 0 Å². The number of amides is 1. The lowest BCUT2D eigenvalue weighted by molar-refractivity contribution is -0.121. The predicted molar refractivity (Wildman–Crippen MR) is 69.5 cm³/mol. The van der Waals surface area contributed by atoms with Crippen molar-refractivity contribution in [3.63, 3.8) is 0 Å². The number of hydrogen-bond acceptors (Lipinski definition) is 2. The summed E-state index contributed by atoms with van der Waals surface area (Å²) in [5.41, 5.74) is 0. The molecule has 0 aromatic rings. The van der Waals surface area contributed by atoms with Crippen molar-refractivity contribution in [1.82, 2.24) is 10.6 Å². The molecule has 2 N–H and O–H groups in total. The fourth-order valence-electron chi connectivity index (χ4n) is 1.63. The van der Waals surface area contributed by atoms with Crippen LogP contribution in [-0.4, -0.2) is 26.0 Å². The number of carbonyl (C=O) groups is 1. The Kier molecular flexibility index (Phi) is 12.1. The Labute approximate surface area is 100 Å². The van der Waals surface area contributed by atoms with Gasteiger partial charge in [-0.1, -0.05) is 32.6 Å². The SMILES string of the molecule is CCCCCCNC(=O)CCCCCNC. The molecule has 0 unspecified atom stereocenters. The van der Waals surface area contributed by atoms with Crippen molar-refractivity contribution in [2.45, 2.75) is 58.3 Å². The van der Waals surface area contributed by atoms with Gasteiger partial charge in [-0.15, -0.1) is 0 Å². The second-order valence-corrected chi connectivity index (χ2v) is 4.32. The van der Waals surface area contributed by atoms with Crippen LogP contribution in [0.25, 0.3) is 0 Å². The maximum Gasteiger partial charge on any atom is 0.219 e. The van der Waals surface area contributed by atoms with Crippen LogP contribution in [0.5, 0.6) is 0 Å². The van der Waals surface area contributed by atoms with Crippen molar-refractivity contribution in [2.75, 3.05) is 20.1 Å². The third-order valence-electron chi connectivity index (χ3n) is 2.68. The van der Waals surface area contributed by atoms with E-state index >= 15 is 0 Å². The Hall–Kier alpha value is -0.570. The molecule has 3 nitrogen and oxygen atoms in total. The smallest absolute Gasteiger partial charge is 0.219 e. The Balaban J connectivity index is 3.12. The molecule has 0 bridgehead atoms. The molecular weight excluding hydrogens is 200 g/mol. The van der Waals surface area contributed by atoms with Crippen LogP contribution in [0.15, 0.2) is 0 Å². The van der Waals surface area contributed by atoms with Crippen molar-refractivity contribution < 1.29 is 4.79 Å². The Morgan fingerprint density at radius 1 is 0.938 bits per heavy atom. The fourth-order valence-corrected chi connectivity index (χ4v) is 1.63. The zero-order valence-corrected chi connectivity index (χ0v) is 11.0. The Morgan fingerprint density at radius 3 is 2.31 bits per heavy atom. The lowest BCUT2D eigenvalue weighted by atomic mass is 10.2. The van der Waals surface area contributed by atoms with Crippen LogP contribution in [0.2, 0.25) is 0 Å². The maximum absolute atomic E-state index is 11.4. The summed E-state index contributed by atoms with van der Waals surface area (Å²) < 4.78 is 0. The summed E-state index contributed by atoms with van der Waals surface area (Å²) in [6, 6.07) is 0. The average molecular weight is 228 g/mol. The van der Waals surface area contributed by atoms with Gasteiger partial charge in [-0.2, -0.15) is 0 Å². The molecule has 0 saturated carbocycles. The lowest BCUT2D eigenvalue weighted by Gasteiger charge is -2.04. The van der Waals surface area contributed by atoms with Crippen LogP contribution < -0.4 is 10.6 Å². The first-order valence-corrected chi connectivity index (χ1v) is 6.72. The Bertz CT molecular complexity index is 144. The predicted octanol–water partition coefficient (Wildman–Crippen LogP) is 2.46. The highest BCUT2D eigenvalue weighted by Crippen LogP contribution is 2.00. The minimum Gasteiger partial charge on any atom is -0.356 e. The highest BCUT2D eigenvalue weighted by Gasteiger charge is 1.99. The number of carbonyl (C=O) groups excluding carboxylic acids is 1. The van der Waals surface area contributed by atoms with Crippen molar-refractivity contribution >= 4 is 5.91 Å². The molecule has 0 aliphatic carbocycles. The van der Waals surface area contributed by atoms with Crippen LogP contribution in [0.3, 0.4) is 0 Å². The van der Waals surface area contributed by atoms with Gasteiger partial charge in [0.15, 0.2) is 0 Å². The number of hydrogen-bond donors (Lipinski definition) is 2. The first-order chi connectivity index (χ1) is 7.81. The molecule has 0 heterocycles. The summed E-state index contributed by atoms with van der Waals surface area (Å²) in [7, 11) is 1.96. The van der Waals surface area contributed by atoms with E-state index in [1.165, 1.54) is 25.7 Å². The minimum absolute atomic E-state index is 0.223. The molecule has 0 spiro atoms. The molecular formula is C13H28N2O. The molecule has 1 amide bonds. The number of unbranched alkanes of at least 4 members (excludes halogenated alkanes) is 5. The topological polar surface area (TPSA) is 41.1 Å². The molecule has 0 aromatic carbocycles. The van der Waals surface area contributed by atoms with Crippen molar-refractivity contribution in [1.29, 1.82) is 0 Å². The molecule has 0 radical (unpaired) electrons. The third kappa shape index (κ3) is 11.5. The van der Waals surface area contributed by atoms with Gasteiger partial charge in [0.1, 0.15) is 0 Å². The van der Waals surface area contributed by atoms with Gasteiger partial charge in [-0.3, -0.25) is 4.79 Å². The van der Waals surface area contributed by atoms with Crippen molar-refractivity contribution in [3.05, 3.63) is 0 Å². The first-order valence-electron chi connectivity index (χ1n) is 6.72. The summed E-state index contributed by atoms with van der Waals surface area (Å²) in [5.74, 6) is 0.223. The van der Waals surface area contributed by atoms with Gasteiger partial charge in [0.05, 0.1) is 0 Å². The largest absolute Gasteiger partial charge is 0.356 e. The molecule has 0 atom stereocenters. The van der Waals surface area contributed by atoms with Gasteiger partial charge in [-0.05, 0) is 32.9 Å². The van der Waals surface area contributed by atoms with E-state index in [4.69, 9.17) is 0 Å². The molecule has 0 fully saturated rings. The van der Waals surface area contributed by atoms with E-state index in [0.29, 0.717) is 6.42 Å². The van der Waals surface area contributed by atoms with Crippen LogP contribution in [0, 0.1) is 0 Å². The van der Waals surface area contributed by atoms with E-state index < -0.39 is 0 Å². The monoisotopic (exact) mass is 228 g/mol. The zero-order chi connectivity index (χ0) is 12.1. The van der Waals surface area contributed by atoms with Crippen LogP contribution in [0.4, 0.5) is 0 Å². The summed E-state index contributed by atoms with van der Waals surface area (Å²) in [5, 5.41) is 6.09. The van der Waals surface area contributed by atoms with E-state index in [-0.39, 0.29) is 5.91 Å². The average Bonchev–Trinajstić information content (AvgIpc) is 2.28. The summed E-state index contributed by atoms with van der Waals surface area (Å²) in [4.78, 5) is 11.4. The molecule has 0 aliphatic rings. The second kappa shape index (κ2) is 12.5. The second-order valence-electron chi connectivity index (χ2n) is 4.32. The highest BCUT2D eigenvalue weighted by molar-refractivity contribution is 5.75. The summed E-state index contributed by atoms with van der Waals surface area (Å²) in [6.07, 6.45) is 8.90. The van der Waals surface area contributed by atoms with Gasteiger partial charge in [0.2, 0.25) is 5.91 Å². The summed E-state index contributed by atoms with van der Waals surface area (Å²) in [6.45, 7) is 4.11. The van der Waals surface area contributed by atoms with Crippen LogP contribution in [0.1, 0.15) is 58.3 Å². The van der Waals surface area contributed by atoms with E-state index in [9.17, 15) is 4.79 Å². The van der Waals surface area contributed by atoms with E-state index in [1.54, 1.807) is 0 Å².